The predicted octanol–water partition coefficient (Wildman–Crippen LogP) is 3.59. The number of aryl methyl sites for hydroxylation is 1. The van der Waals surface area contributed by atoms with Gasteiger partial charge in [-0.05, 0) is 57.0 Å². The van der Waals surface area contributed by atoms with Gasteiger partial charge in [0.1, 0.15) is 11.4 Å². The summed E-state index contributed by atoms with van der Waals surface area (Å²) in [6.45, 7) is 8.36. The first-order valence-electron chi connectivity index (χ1n) is 8.62. The molecule has 0 saturated heterocycles. The number of carbonyl (C=O) groups is 2. The molecule has 0 aliphatic heterocycles. The summed E-state index contributed by atoms with van der Waals surface area (Å²) in [5, 5.41) is 2.87. The van der Waals surface area contributed by atoms with Gasteiger partial charge in [0.05, 0.1) is 0 Å². The molecule has 0 aliphatic carbocycles. The molecule has 1 aromatic carbocycles. The van der Waals surface area contributed by atoms with Crippen LogP contribution < -0.4 is 10.2 Å². The van der Waals surface area contributed by atoms with Crippen molar-refractivity contribution in [1.82, 2.24) is 10.3 Å². The number of nitrogens with zero attached hydrogens (tertiary/aromatic N) is 2. The van der Waals surface area contributed by atoms with Crippen molar-refractivity contribution < 1.29 is 9.59 Å². The van der Waals surface area contributed by atoms with E-state index in [4.69, 9.17) is 0 Å². The van der Waals surface area contributed by atoms with Crippen LogP contribution in [0.3, 0.4) is 0 Å². The van der Waals surface area contributed by atoms with Crippen LogP contribution in [0.4, 0.5) is 5.69 Å². The number of benzene rings is 1. The average molecular weight is 339 g/mol. The maximum Gasteiger partial charge on any atom is 0.276 e. The summed E-state index contributed by atoms with van der Waals surface area (Å²) < 4.78 is 0. The zero-order valence-corrected chi connectivity index (χ0v) is 15.2. The van der Waals surface area contributed by atoms with E-state index in [1.165, 1.54) is 0 Å². The minimum absolute atomic E-state index is 0.0630. The Balaban J connectivity index is 2.26. The van der Waals surface area contributed by atoms with E-state index in [1.54, 1.807) is 23.1 Å². The van der Waals surface area contributed by atoms with Crippen molar-refractivity contribution in [1.29, 1.82) is 0 Å². The average Bonchev–Trinajstić information content (AvgIpc) is 2.62. The van der Waals surface area contributed by atoms with Crippen LogP contribution in [0.5, 0.6) is 0 Å². The van der Waals surface area contributed by atoms with Gasteiger partial charge in [0.25, 0.3) is 11.8 Å². The Kier molecular flexibility index (Phi) is 6.28. The van der Waals surface area contributed by atoms with Crippen molar-refractivity contribution >= 4 is 17.5 Å². The van der Waals surface area contributed by atoms with Crippen LogP contribution in [0.15, 0.2) is 42.5 Å². The van der Waals surface area contributed by atoms with Gasteiger partial charge in [-0.15, -0.1) is 0 Å². The molecule has 2 rings (SSSR count). The van der Waals surface area contributed by atoms with Crippen molar-refractivity contribution in [2.75, 3.05) is 11.4 Å². The highest BCUT2D eigenvalue weighted by Crippen LogP contribution is 2.18. The fraction of sp³-hybridized carbons (Fsp3) is 0.350. The number of hydrogen-bond acceptors (Lipinski definition) is 3. The van der Waals surface area contributed by atoms with E-state index in [9.17, 15) is 9.59 Å². The molecule has 0 saturated carbocycles. The molecule has 0 spiro atoms. The Labute approximate surface area is 149 Å². The first kappa shape index (κ1) is 18.6. The Morgan fingerprint density at radius 1 is 1.12 bits per heavy atom. The maximum absolute atomic E-state index is 12.9. The topological polar surface area (TPSA) is 62.3 Å². The number of anilines is 1. The Morgan fingerprint density at radius 3 is 2.44 bits per heavy atom. The van der Waals surface area contributed by atoms with E-state index in [1.807, 2.05) is 52.0 Å². The summed E-state index contributed by atoms with van der Waals surface area (Å²) in [5.41, 5.74) is 2.42. The second kappa shape index (κ2) is 8.42. The summed E-state index contributed by atoms with van der Waals surface area (Å²) in [5.74, 6) is -0.478. The highest BCUT2D eigenvalue weighted by atomic mass is 16.2. The van der Waals surface area contributed by atoms with E-state index >= 15 is 0 Å². The smallest absolute Gasteiger partial charge is 0.276 e. The van der Waals surface area contributed by atoms with Gasteiger partial charge < -0.3 is 10.2 Å². The second-order valence-electron chi connectivity index (χ2n) is 6.08. The quantitative estimate of drug-likeness (QED) is 0.875. The Morgan fingerprint density at radius 2 is 1.80 bits per heavy atom. The lowest BCUT2D eigenvalue weighted by Crippen LogP contribution is -2.34. The van der Waals surface area contributed by atoms with E-state index in [2.05, 4.69) is 10.3 Å². The Hall–Kier alpha value is -2.69. The standard InChI is InChI=1S/C20H25N3O2/c1-5-15(4)21-19(24)17-11-8-12-18(22-17)20(25)23(6-2)16-10-7-9-14(3)13-16/h7-13,15H,5-6H2,1-4H3,(H,21,24). The largest absolute Gasteiger partial charge is 0.348 e. The van der Waals surface area contributed by atoms with Crippen LogP contribution in [0, 0.1) is 6.92 Å². The highest BCUT2D eigenvalue weighted by molar-refractivity contribution is 6.05. The van der Waals surface area contributed by atoms with Crippen LogP contribution in [0.25, 0.3) is 0 Å². The molecular formula is C20H25N3O2. The molecule has 1 N–H and O–H groups in total. The summed E-state index contributed by atoms with van der Waals surface area (Å²) in [6, 6.07) is 12.8. The van der Waals surface area contributed by atoms with Gasteiger partial charge in [-0.3, -0.25) is 9.59 Å². The molecule has 1 heterocycles. The lowest BCUT2D eigenvalue weighted by molar-refractivity contribution is 0.0934. The van der Waals surface area contributed by atoms with Crippen molar-refractivity contribution in [3.05, 3.63) is 59.4 Å². The lowest BCUT2D eigenvalue weighted by atomic mass is 10.2. The van der Waals surface area contributed by atoms with Crippen LogP contribution in [-0.4, -0.2) is 29.4 Å². The zero-order chi connectivity index (χ0) is 18.4. The third kappa shape index (κ3) is 4.66. The molecule has 0 radical (unpaired) electrons. The van der Waals surface area contributed by atoms with Gasteiger partial charge in [-0.25, -0.2) is 4.98 Å². The summed E-state index contributed by atoms with van der Waals surface area (Å²) in [4.78, 5) is 31.0. The summed E-state index contributed by atoms with van der Waals surface area (Å²) >= 11 is 0. The molecule has 0 bridgehead atoms. The molecule has 1 unspecified atom stereocenters. The third-order valence-corrected chi connectivity index (χ3v) is 4.07. The number of carbonyl (C=O) groups excluding carboxylic acids is 2. The van der Waals surface area contributed by atoms with Crippen molar-refractivity contribution in [3.63, 3.8) is 0 Å². The third-order valence-electron chi connectivity index (χ3n) is 4.07. The molecule has 25 heavy (non-hydrogen) atoms. The molecule has 1 aromatic heterocycles. The van der Waals surface area contributed by atoms with Gasteiger partial charge in [-0.1, -0.05) is 25.1 Å². The summed E-state index contributed by atoms with van der Waals surface area (Å²) in [6.07, 6.45) is 0.835. The van der Waals surface area contributed by atoms with E-state index in [-0.39, 0.29) is 29.2 Å². The van der Waals surface area contributed by atoms with Crippen LogP contribution in [0.1, 0.15) is 53.7 Å². The minimum Gasteiger partial charge on any atom is -0.348 e. The lowest BCUT2D eigenvalue weighted by Gasteiger charge is -2.21. The molecule has 0 aliphatic rings. The fourth-order valence-corrected chi connectivity index (χ4v) is 2.46. The van der Waals surface area contributed by atoms with E-state index in [0.29, 0.717) is 6.54 Å². The number of aromatic nitrogens is 1. The van der Waals surface area contributed by atoms with Gasteiger partial charge >= 0.3 is 0 Å². The van der Waals surface area contributed by atoms with Gasteiger partial charge in [0.2, 0.25) is 0 Å². The molecule has 0 fully saturated rings. The fourth-order valence-electron chi connectivity index (χ4n) is 2.46. The van der Waals surface area contributed by atoms with Crippen LogP contribution in [0.2, 0.25) is 0 Å². The Bertz CT molecular complexity index is 758. The van der Waals surface area contributed by atoms with Gasteiger partial charge in [0.15, 0.2) is 0 Å². The van der Waals surface area contributed by atoms with Crippen LogP contribution in [-0.2, 0) is 0 Å². The molecule has 1 atom stereocenters. The molecule has 5 heteroatoms. The highest BCUT2D eigenvalue weighted by Gasteiger charge is 2.19. The normalized spacial score (nSPS) is 11.7. The number of amides is 2. The minimum atomic E-state index is -0.261. The van der Waals surface area contributed by atoms with Gasteiger partial charge in [0, 0.05) is 18.3 Å². The van der Waals surface area contributed by atoms with Crippen LogP contribution >= 0.6 is 0 Å². The number of pyridine rings is 1. The number of rotatable bonds is 6. The van der Waals surface area contributed by atoms with Crippen molar-refractivity contribution in [2.45, 2.75) is 40.2 Å². The number of nitrogens with one attached hydrogen (secondary N) is 1. The van der Waals surface area contributed by atoms with E-state index < -0.39 is 0 Å². The first-order chi connectivity index (χ1) is 12.0. The monoisotopic (exact) mass is 339 g/mol. The molecule has 2 amide bonds. The molecule has 2 aromatic rings. The molecule has 132 valence electrons. The molecular weight excluding hydrogens is 314 g/mol. The van der Waals surface area contributed by atoms with Gasteiger partial charge in [-0.2, -0.15) is 0 Å². The maximum atomic E-state index is 12.9. The summed E-state index contributed by atoms with van der Waals surface area (Å²) in [7, 11) is 0. The van der Waals surface area contributed by atoms with Crippen molar-refractivity contribution in [2.24, 2.45) is 0 Å². The predicted molar refractivity (Wildman–Crippen MR) is 100.0 cm³/mol. The number of hydrogen-bond donors (Lipinski definition) is 1. The van der Waals surface area contributed by atoms with E-state index in [0.717, 1.165) is 17.7 Å². The molecule has 5 nitrogen and oxygen atoms in total. The first-order valence-corrected chi connectivity index (χ1v) is 8.62. The zero-order valence-electron chi connectivity index (χ0n) is 15.2. The van der Waals surface area contributed by atoms with Crippen molar-refractivity contribution in [3.8, 4) is 0 Å². The second-order valence-corrected chi connectivity index (χ2v) is 6.08. The SMILES string of the molecule is CCC(C)NC(=O)c1cccc(C(=O)N(CC)c2cccc(C)c2)n1.